The van der Waals surface area contributed by atoms with Crippen molar-refractivity contribution < 1.29 is 0 Å². The second-order valence-corrected chi connectivity index (χ2v) is 2.57. The lowest BCUT2D eigenvalue weighted by atomic mass is 9.91. The third-order valence-corrected chi connectivity index (χ3v) is 1.98. The van der Waals surface area contributed by atoms with E-state index in [0.29, 0.717) is 11.8 Å². The van der Waals surface area contributed by atoms with Crippen molar-refractivity contribution in [2.75, 3.05) is 0 Å². The summed E-state index contributed by atoms with van der Waals surface area (Å²) < 4.78 is 0. The fourth-order valence-electron chi connectivity index (χ4n) is 0.969. The van der Waals surface area contributed by atoms with Gasteiger partial charge in [-0.25, -0.2) is 0 Å². The van der Waals surface area contributed by atoms with Crippen LogP contribution in [0.3, 0.4) is 0 Å². The molecule has 0 heteroatoms. The standard InChI is InChI=1S/C9H16/c1-5-8(4)9(6-2)7-3/h2,8-9H,5,7H2,1,3-4H3. The Morgan fingerprint density at radius 2 is 1.89 bits per heavy atom. The molecule has 2 unspecified atom stereocenters. The van der Waals surface area contributed by atoms with E-state index in [1.807, 2.05) is 0 Å². The molecule has 0 bridgehead atoms. The van der Waals surface area contributed by atoms with Gasteiger partial charge in [-0.05, 0) is 12.3 Å². The van der Waals surface area contributed by atoms with Crippen molar-refractivity contribution in [3.05, 3.63) is 0 Å². The van der Waals surface area contributed by atoms with E-state index >= 15 is 0 Å². The Morgan fingerprint density at radius 1 is 1.33 bits per heavy atom. The monoisotopic (exact) mass is 124 g/mol. The van der Waals surface area contributed by atoms with E-state index in [-0.39, 0.29) is 0 Å². The molecule has 0 aliphatic heterocycles. The van der Waals surface area contributed by atoms with Gasteiger partial charge in [0.25, 0.3) is 0 Å². The SMILES string of the molecule is C#CC(CC)C(C)CC. The molecule has 0 aliphatic rings. The quantitative estimate of drug-likeness (QED) is 0.507. The van der Waals surface area contributed by atoms with Crippen LogP contribution in [0.15, 0.2) is 0 Å². The van der Waals surface area contributed by atoms with Gasteiger partial charge in [-0.15, -0.1) is 12.3 Å². The normalized spacial score (nSPS) is 16.2. The van der Waals surface area contributed by atoms with Crippen LogP contribution in [-0.2, 0) is 0 Å². The van der Waals surface area contributed by atoms with Crippen molar-refractivity contribution in [1.82, 2.24) is 0 Å². The smallest absolute Gasteiger partial charge is 0.0223 e. The van der Waals surface area contributed by atoms with Crippen LogP contribution in [-0.4, -0.2) is 0 Å². The van der Waals surface area contributed by atoms with Crippen LogP contribution in [0.5, 0.6) is 0 Å². The average Bonchev–Trinajstić information content (AvgIpc) is 1.90. The van der Waals surface area contributed by atoms with Gasteiger partial charge in [-0.1, -0.05) is 27.2 Å². The first kappa shape index (κ1) is 8.56. The van der Waals surface area contributed by atoms with Crippen molar-refractivity contribution in [1.29, 1.82) is 0 Å². The van der Waals surface area contributed by atoms with Gasteiger partial charge in [-0.3, -0.25) is 0 Å². The number of hydrogen-bond acceptors (Lipinski definition) is 0. The number of hydrogen-bond donors (Lipinski definition) is 0. The molecular formula is C9H16. The number of rotatable bonds is 3. The van der Waals surface area contributed by atoms with Crippen molar-refractivity contribution in [3.63, 3.8) is 0 Å². The van der Waals surface area contributed by atoms with E-state index in [9.17, 15) is 0 Å². The molecule has 0 nitrogen and oxygen atoms in total. The molecule has 0 N–H and O–H groups in total. The van der Waals surface area contributed by atoms with Crippen LogP contribution >= 0.6 is 0 Å². The minimum atomic E-state index is 0.495. The molecule has 0 spiro atoms. The Bertz CT molecular complexity index is 97.1. The third-order valence-electron chi connectivity index (χ3n) is 1.98. The van der Waals surface area contributed by atoms with E-state index in [0.717, 1.165) is 6.42 Å². The van der Waals surface area contributed by atoms with E-state index in [2.05, 4.69) is 26.7 Å². The molecule has 0 rings (SSSR count). The second kappa shape index (κ2) is 4.44. The Morgan fingerprint density at radius 3 is 2.00 bits per heavy atom. The lowest BCUT2D eigenvalue weighted by Crippen LogP contribution is -2.06. The van der Waals surface area contributed by atoms with Crippen LogP contribution in [0.1, 0.15) is 33.6 Å². The lowest BCUT2D eigenvalue weighted by molar-refractivity contribution is 0.419. The molecule has 0 aliphatic carbocycles. The van der Waals surface area contributed by atoms with Gasteiger partial charge >= 0.3 is 0 Å². The molecule has 0 saturated carbocycles. The zero-order chi connectivity index (χ0) is 7.28. The maximum absolute atomic E-state index is 5.31. The van der Waals surface area contributed by atoms with Crippen molar-refractivity contribution >= 4 is 0 Å². The molecule has 9 heavy (non-hydrogen) atoms. The molecule has 0 aromatic rings. The van der Waals surface area contributed by atoms with Gasteiger partial charge in [0.2, 0.25) is 0 Å². The summed E-state index contributed by atoms with van der Waals surface area (Å²) in [5.74, 6) is 3.99. The summed E-state index contributed by atoms with van der Waals surface area (Å²) in [6.45, 7) is 6.55. The molecule has 0 fully saturated rings. The summed E-state index contributed by atoms with van der Waals surface area (Å²) in [5.41, 5.74) is 0. The molecule has 0 radical (unpaired) electrons. The summed E-state index contributed by atoms with van der Waals surface area (Å²) >= 11 is 0. The molecule has 2 atom stereocenters. The third kappa shape index (κ3) is 2.56. The fourth-order valence-corrected chi connectivity index (χ4v) is 0.969. The van der Waals surface area contributed by atoms with Gasteiger partial charge in [0.15, 0.2) is 0 Å². The molecule has 0 amide bonds. The summed E-state index contributed by atoms with van der Waals surface area (Å²) in [6.07, 6.45) is 7.62. The topological polar surface area (TPSA) is 0 Å². The summed E-state index contributed by atoms with van der Waals surface area (Å²) in [5, 5.41) is 0. The van der Waals surface area contributed by atoms with Gasteiger partial charge in [0.05, 0.1) is 0 Å². The number of terminal acetylenes is 1. The minimum Gasteiger partial charge on any atom is -0.120 e. The Kier molecular flexibility index (Phi) is 4.22. The lowest BCUT2D eigenvalue weighted by Gasteiger charge is -2.13. The van der Waals surface area contributed by atoms with Crippen LogP contribution < -0.4 is 0 Å². The van der Waals surface area contributed by atoms with Gasteiger partial charge in [0, 0.05) is 5.92 Å². The maximum atomic E-state index is 5.31. The highest BCUT2D eigenvalue weighted by atomic mass is 14.1. The first-order valence-corrected chi connectivity index (χ1v) is 3.72. The molecule has 0 aromatic heterocycles. The molecule has 0 saturated heterocycles. The zero-order valence-electron chi connectivity index (χ0n) is 6.65. The summed E-state index contributed by atoms with van der Waals surface area (Å²) in [4.78, 5) is 0. The highest BCUT2D eigenvalue weighted by Gasteiger charge is 2.08. The highest BCUT2D eigenvalue weighted by Crippen LogP contribution is 2.16. The summed E-state index contributed by atoms with van der Waals surface area (Å²) in [6, 6.07) is 0. The first-order chi connectivity index (χ1) is 4.26. The van der Waals surface area contributed by atoms with Crippen molar-refractivity contribution in [3.8, 4) is 12.3 Å². The van der Waals surface area contributed by atoms with Crippen LogP contribution in [0.25, 0.3) is 0 Å². The maximum Gasteiger partial charge on any atom is 0.0223 e. The van der Waals surface area contributed by atoms with Crippen LogP contribution in [0, 0.1) is 24.2 Å². The molecule has 0 aromatic carbocycles. The van der Waals surface area contributed by atoms with Gasteiger partial charge < -0.3 is 0 Å². The molecular weight excluding hydrogens is 108 g/mol. The predicted molar refractivity (Wildman–Crippen MR) is 42.1 cm³/mol. The second-order valence-electron chi connectivity index (χ2n) is 2.57. The Labute approximate surface area is 58.7 Å². The highest BCUT2D eigenvalue weighted by molar-refractivity contribution is 4.94. The van der Waals surface area contributed by atoms with Crippen LogP contribution in [0.4, 0.5) is 0 Å². The largest absolute Gasteiger partial charge is 0.120 e. The minimum absolute atomic E-state index is 0.495. The Hall–Kier alpha value is -0.440. The van der Waals surface area contributed by atoms with Gasteiger partial charge in [-0.2, -0.15) is 0 Å². The summed E-state index contributed by atoms with van der Waals surface area (Å²) in [7, 11) is 0. The van der Waals surface area contributed by atoms with Gasteiger partial charge in [0.1, 0.15) is 0 Å². The fraction of sp³-hybridized carbons (Fsp3) is 0.778. The predicted octanol–water partition coefficient (Wildman–Crippen LogP) is 2.69. The van der Waals surface area contributed by atoms with E-state index in [1.165, 1.54) is 6.42 Å². The van der Waals surface area contributed by atoms with Crippen molar-refractivity contribution in [2.24, 2.45) is 11.8 Å². The van der Waals surface area contributed by atoms with Crippen LogP contribution in [0.2, 0.25) is 0 Å². The molecule has 52 valence electrons. The van der Waals surface area contributed by atoms with E-state index < -0.39 is 0 Å². The molecule has 0 heterocycles. The van der Waals surface area contributed by atoms with E-state index in [4.69, 9.17) is 6.42 Å². The van der Waals surface area contributed by atoms with Crippen molar-refractivity contribution in [2.45, 2.75) is 33.6 Å². The average molecular weight is 124 g/mol. The Balaban J connectivity index is 3.68. The zero-order valence-corrected chi connectivity index (χ0v) is 6.65. The first-order valence-electron chi connectivity index (χ1n) is 3.72. The van der Waals surface area contributed by atoms with E-state index in [1.54, 1.807) is 0 Å².